The van der Waals surface area contributed by atoms with Gasteiger partial charge in [0.2, 0.25) is 18.4 Å². The smallest absolute Gasteiger partial charge is 0.330 e. The Bertz CT molecular complexity index is 1980. The second-order valence-corrected chi connectivity index (χ2v) is 11.6. The lowest BCUT2D eigenvalue weighted by atomic mass is 10.0. The number of aliphatic hydroxyl groups is 3. The molecule has 4 heterocycles. The van der Waals surface area contributed by atoms with Crippen LogP contribution in [0.1, 0.15) is 24.3 Å². The summed E-state index contributed by atoms with van der Waals surface area (Å²) in [6, 6.07) is 16.9. The number of hydrogen-bond acceptors (Lipinski definition) is 13. The Morgan fingerprint density at radius 3 is 2.47 bits per heavy atom. The molecule has 1 fully saturated rings. The van der Waals surface area contributed by atoms with Crippen LogP contribution in [0.3, 0.4) is 0 Å². The zero-order chi connectivity index (χ0) is 36.4. The number of aliphatic imine (C=N–C) groups is 1. The van der Waals surface area contributed by atoms with E-state index in [9.17, 15) is 39.3 Å². The molecule has 3 aromatic rings. The fourth-order valence-corrected chi connectivity index (χ4v) is 5.88. The molecule has 0 radical (unpaired) electrons. The number of aromatic nitrogens is 2. The van der Waals surface area contributed by atoms with Gasteiger partial charge in [0, 0.05) is 30.0 Å². The normalized spacial score (nSPS) is 27.9. The molecule has 8 N–H and O–H groups in total. The molecule has 3 amide bonds. The summed E-state index contributed by atoms with van der Waals surface area (Å²) in [6.45, 7) is 1.59. The molecule has 0 spiro atoms. The average Bonchev–Trinajstić information content (AvgIpc) is 3.34. The number of primary amides is 1. The third-order valence-electron chi connectivity index (χ3n) is 8.27. The molecule has 1 aromatic heterocycles. The highest BCUT2D eigenvalue weighted by atomic mass is 16.7. The molecule has 9 atom stereocenters. The van der Waals surface area contributed by atoms with Gasteiger partial charge in [-0.25, -0.2) is 9.79 Å². The summed E-state index contributed by atoms with van der Waals surface area (Å²) in [5, 5.41) is 37.7. The van der Waals surface area contributed by atoms with Gasteiger partial charge < -0.3 is 50.6 Å². The number of nitrogens with two attached hydrogens (primary N) is 1. The average molecular weight is 707 g/mol. The number of hydrogen-bond donors (Lipinski definition) is 7. The lowest BCUT2D eigenvalue weighted by Gasteiger charge is -2.35. The summed E-state index contributed by atoms with van der Waals surface area (Å²) in [7, 11) is 0. The number of fused-ring (bicyclic) bond motifs is 1. The molecule has 268 valence electrons. The Hall–Kier alpha value is -5.50. The van der Waals surface area contributed by atoms with Gasteiger partial charge in [-0.1, -0.05) is 48.5 Å². The maximum atomic E-state index is 13.5. The molecule has 18 heteroatoms. The van der Waals surface area contributed by atoms with Crippen LogP contribution in [-0.2, 0) is 33.3 Å². The number of nitrogens with zero attached hydrogens (tertiary/aromatic N) is 2. The number of para-hydroxylation sites is 1. The summed E-state index contributed by atoms with van der Waals surface area (Å²) >= 11 is 0. The van der Waals surface area contributed by atoms with Gasteiger partial charge in [-0.2, -0.15) is 0 Å². The Morgan fingerprint density at radius 1 is 1.04 bits per heavy atom. The van der Waals surface area contributed by atoms with Gasteiger partial charge in [-0.05, 0) is 19.1 Å². The summed E-state index contributed by atoms with van der Waals surface area (Å²) < 4.78 is 23.6. The Balaban J connectivity index is 1.23. The van der Waals surface area contributed by atoms with Gasteiger partial charge in [0.15, 0.2) is 18.1 Å². The predicted molar refractivity (Wildman–Crippen MR) is 175 cm³/mol. The second-order valence-electron chi connectivity index (χ2n) is 11.6. The number of benzodiazepines with no additional fused rings is 1. The molecule has 0 bridgehead atoms. The summed E-state index contributed by atoms with van der Waals surface area (Å²) in [6.07, 6.45) is -12.9. The van der Waals surface area contributed by atoms with Crippen molar-refractivity contribution in [2.75, 3.05) is 11.9 Å². The number of aliphatic hydroxyl groups excluding tert-OH is 3. The number of ether oxygens (including phenoxy) is 4. The van der Waals surface area contributed by atoms with Crippen LogP contribution < -0.4 is 27.6 Å². The van der Waals surface area contributed by atoms with E-state index in [1.165, 1.54) is 0 Å². The van der Waals surface area contributed by atoms with E-state index >= 15 is 0 Å². The molecular weight excluding hydrogens is 672 g/mol. The molecule has 3 aliphatic heterocycles. The minimum absolute atomic E-state index is 0.00291. The molecule has 6 rings (SSSR count). The lowest BCUT2D eigenvalue weighted by molar-refractivity contribution is -0.241. The first kappa shape index (κ1) is 35.3. The van der Waals surface area contributed by atoms with Crippen LogP contribution in [0.2, 0.25) is 0 Å². The van der Waals surface area contributed by atoms with Gasteiger partial charge >= 0.3 is 5.69 Å². The minimum atomic E-state index is -1.93. The van der Waals surface area contributed by atoms with E-state index in [1.54, 1.807) is 55.5 Å². The van der Waals surface area contributed by atoms with Crippen molar-refractivity contribution >= 4 is 29.1 Å². The predicted octanol–water partition coefficient (Wildman–Crippen LogP) is -2.04. The lowest BCUT2D eigenvalue weighted by Crippen LogP contribution is -2.54. The molecular formula is C33H34N6O12. The van der Waals surface area contributed by atoms with E-state index in [1.807, 2.05) is 11.1 Å². The highest BCUT2D eigenvalue weighted by Gasteiger charge is 2.52. The third kappa shape index (κ3) is 7.22. The van der Waals surface area contributed by atoms with Crippen molar-refractivity contribution in [2.45, 2.75) is 62.2 Å². The molecule has 51 heavy (non-hydrogen) atoms. The van der Waals surface area contributed by atoms with Crippen LogP contribution in [0.5, 0.6) is 0 Å². The third-order valence-corrected chi connectivity index (χ3v) is 8.27. The van der Waals surface area contributed by atoms with Crippen molar-refractivity contribution in [1.29, 1.82) is 0 Å². The summed E-state index contributed by atoms with van der Waals surface area (Å²) in [5.74, 6) is -3.51. The second kappa shape index (κ2) is 14.8. The fraction of sp³-hybridized carbons (Fsp3) is 0.333. The summed E-state index contributed by atoms with van der Waals surface area (Å²) in [4.78, 5) is 70.2. The highest BCUT2D eigenvalue weighted by Crippen LogP contribution is 2.34. The van der Waals surface area contributed by atoms with Crippen LogP contribution >= 0.6 is 0 Å². The van der Waals surface area contributed by atoms with E-state index in [4.69, 9.17) is 24.7 Å². The van der Waals surface area contributed by atoms with Crippen molar-refractivity contribution < 1.29 is 48.7 Å². The van der Waals surface area contributed by atoms with Gasteiger partial charge in [-0.15, -0.1) is 0 Å². The van der Waals surface area contributed by atoms with E-state index in [0.29, 0.717) is 22.5 Å². The first-order chi connectivity index (χ1) is 24.5. The number of H-pyrrole nitrogens is 1. The van der Waals surface area contributed by atoms with Crippen molar-refractivity contribution in [3.8, 4) is 0 Å². The van der Waals surface area contributed by atoms with Crippen molar-refractivity contribution in [3.63, 3.8) is 0 Å². The van der Waals surface area contributed by atoms with Gasteiger partial charge in [0.25, 0.3) is 17.4 Å². The fourth-order valence-electron chi connectivity index (χ4n) is 5.88. The number of benzene rings is 2. The van der Waals surface area contributed by atoms with E-state index in [-0.39, 0.29) is 6.61 Å². The van der Waals surface area contributed by atoms with Crippen LogP contribution in [-0.4, -0.2) is 104 Å². The number of amides is 3. The molecule has 2 aromatic carbocycles. The Labute approximate surface area is 288 Å². The largest absolute Gasteiger partial charge is 0.456 e. The molecule has 1 saturated heterocycles. The number of rotatable bonds is 10. The van der Waals surface area contributed by atoms with Crippen LogP contribution in [0, 0.1) is 0 Å². The molecule has 18 nitrogen and oxygen atoms in total. The Kier molecular flexibility index (Phi) is 10.2. The topological polar surface area (TPSA) is 266 Å². The number of carbonyl (C=O) groups is 3. The molecule has 3 aliphatic rings. The van der Waals surface area contributed by atoms with Crippen molar-refractivity contribution in [1.82, 2.24) is 14.9 Å². The number of anilines is 1. The number of aromatic amines is 1. The van der Waals surface area contributed by atoms with E-state index < -0.39 is 90.0 Å². The van der Waals surface area contributed by atoms with Crippen molar-refractivity contribution in [3.05, 3.63) is 111 Å². The standard InChI is InChI=1S/C33H34N6O12/c1-2-48-24-23(43)31(39-13-12-20(41)36-33(39)47)50-25(24)26(27(34)44)51-32-22(42)18(40)14-19(49-32)29(45)38-28-30(46)35-17-11-7-6-10-16(17)21(37-28)15-8-4-3-5-9-15/h3-14,18,22-26,28,31-32,40,42-43H,2H2,1H3,(H2,34,44)(H,35,46)(H,38,45)(H,36,41,47)/t18?,22?,23?,24?,25-,26?,28?,31+,32+/m0/s1. The van der Waals surface area contributed by atoms with Gasteiger partial charge in [-0.3, -0.25) is 28.7 Å². The van der Waals surface area contributed by atoms with Crippen LogP contribution in [0.4, 0.5) is 5.69 Å². The number of carbonyl (C=O) groups excluding carboxylic acids is 3. The van der Waals surface area contributed by atoms with E-state index in [0.717, 1.165) is 22.9 Å². The first-order valence-corrected chi connectivity index (χ1v) is 15.8. The first-order valence-electron chi connectivity index (χ1n) is 15.8. The maximum Gasteiger partial charge on any atom is 0.330 e. The van der Waals surface area contributed by atoms with Crippen LogP contribution in [0.25, 0.3) is 0 Å². The molecule has 6 unspecified atom stereocenters. The van der Waals surface area contributed by atoms with Gasteiger partial charge in [0.05, 0.1) is 11.4 Å². The zero-order valence-corrected chi connectivity index (χ0v) is 26.8. The summed E-state index contributed by atoms with van der Waals surface area (Å²) in [5.41, 5.74) is 6.13. The monoisotopic (exact) mass is 706 g/mol. The van der Waals surface area contributed by atoms with Gasteiger partial charge in [0.1, 0.15) is 30.5 Å². The molecule has 0 aliphatic carbocycles. The Morgan fingerprint density at radius 2 is 1.76 bits per heavy atom. The SMILES string of the molecule is CCOC1C(O)[C@H](n2ccc(=O)[nH]c2=O)O[C@@H]1C(O[C@H]1OC(C(=O)NC2N=C(c3ccccc3)c3ccccc3NC2=O)=CC(O)C1O)C(N)=O. The zero-order valence-electron chi connectivity index (χ0n) is 26.8. The molecule has 0 saturated carbocycles. The van der Waals surface area contributed by atoms with Crippen molar-refractivity contribution in [2.24, 2.45) is 10.7 Å². The van der Waals surface area contributed by atoms with Crippen LogP contribution in [0.15, 0.2) is 93.3 Å². The quantitative estimate of drug-likeness (QED) is 0.120. The minimum Gasteiger partial charge on any atom is -0.456 e. The van der Waals surface area contributed by atoms with E-state index in [2.05, 4.69) is 15.6 Å². The number of nitrogens with one attached hydrogen (secondary N) is 3. The highest BCUT2D eigenvalue weighted by molar-refractivity contribution is 6.20. The maximum absolute atomic E-state index is 13.5.